The number of nitrogens with zero attached hydrogens (tertiary/aromatic N) is 4. The Balaban J connectivity index is 1.35. The highest BCUT2D eigenvalue weighted by Gasteiger charge is 2.32. The van der Waals surface area contributed by atoms with Gasteiger partial charge in [-0.25, -0.2) is 8.42 Å². The van der Waals surface area contributed by atoms with Gasteiger partial charge in [0, 0.05) is 61.9 Å². The third kappa shape index (κ3) is 4.66. The number of aryl methyl sites for hydroxylation is 1. The Morgan fingerprint density at radius 2 is 1.87 bits per heavy atom. The van der Waals surface area contributed by atoms with Gasteiger partial charge in [-0.1, -0.05) is 6.07 Å². The average molecular weight is 431 g/mol. The number of carbonyl (C=O) groups is 1. The van der Waals surface area contributed by atoms with Crippen molar-refractivity contribution in [3.63, 3.8) is 0 Å². The maximum Gasteiger partial charge on any atom is 0.178 e. The molecule has 0 amide bonds. The molecule has 2 aromatic rings. The van der Waals surface area contributed by atoms with Crippen molar-refractivity contribution in [2.75, 3.05) is 44.2 Å². The van der Waals surface area contributed by atoms with E-state index in [1.54, 1.807) is 0 Å². The van der Waals surface area contributed by atoms with Crippen LogP contribution < -0.4 is 0 Å². The first-order chi connectivity index (χ1) is 14.3. The van der Waals surface area contributed by atoms with Crippen LogP contribution in [-0.4, -0.2) is 77.8 Å². The summed E-state index contributed by atoms with van der Waals surface area (Å²) in [5.74, 6) is 0.532. The molecule has 2 aromatic heterocycles. The van der Waals surface area contributed by atoms with Crippen LogP contribution in [-0.2, 0) is 16.4 Å². The molecule has 8 heteroatoms. The predicted octanol–water partition coefficient (Wildman–Crippen LogP) is 1.86. The fourth-order valence-electron chi connectivity index (χ4n) is 4.71. The molecule has 0 aliphatic carbocycles. The zero-order chi connectivity index (χ0) is 21.3. The Bertz CT molecular complexity index is 1010. The van der Waals surface area contributed by atoms with Crippen molar-refractivity contribution in [2.24, 2.45) is 0 Å². The smallest absolute Gasteiger partial charge is 0.178 e. The standard InChI is InChI=1S/C22H30N4O3S/c1-17-13-21(18(2)26(17)20-6-12-30(28,29)16-20)22(27)15-25-10-8-24(9-11-25)14-19-5-3-4-7-23-19/h3-5,7,13,20H,6,8-12,14-16H2,1-2H3. The maximum absolute atomic E-state index is 13.0. The SMILES string of the molecule is Cc1cc(C(=O)CN2CCN(Cc3ccccn3)CC2)c(C)n1C1CCS(=O)(=O)C1. The summed E-state index contributed by atoms with van der Waals surface area (Å²) < 4.78 is 25.8. The maximum atomic E-state index is 13.0. The fourth-order valence-corrected chi connectivity index (χ4v) is 6.41. The van der Waals surface area contributed by atoms with Crippen LogP contribution in [0.5, 0.6) is 0 Å². The lowest BCUT2D eigenvalue weighted by atomic mass is 10.1. The lowest BCUT2D eigenvalue weighted by Crippen LogP contribution is -2.47. The van der Waals surface area contributed by atoms with Crippen molar-refractivity contribution in [2.45, 2.75) is 32.9 Å². The van der Waals surface area contributed by atoms with Gasteiger partial charge in [0.05, 0.1) is 23.7 Å². The minimum Gasteiger partial charge on any atom is -0.344 e. The van der Waals surface area contributed by atoms with Gasteiger partial charge in [-0.15, -0.1) is 0 Å². The van der Waals surface area contributed by atoms with E-state index >= 15 is 0 Å². The van der Waals surface area contributed by atoms with E-state index in [1.165, 1.54) is 0 Å². The molecule has 4 rings (SSSR count). The number of rotatable bonds is 6. The van der Waals surface area contributed by atoms with Gasteiger partial charge in [-0.3, -0.25) is 19.6 Å². The highest BCUT2D eigenvalue weighted by molar-refractivity contribution is 7.91. The molecule has 162 valence electrons. The van der Waals surface area contributed by atoms with Crippen molar-refractivity contribution in [1.29, 1.82) is 0 Å². The molecule has 2 aliphatic rings. The summed E-state index contributed by atoms with van der Waals surface area (Å²) in [4.78, 5) is 22.0. The molecule has 4 heterocycles. The summed E-state index contributed by atoms with van der Waals surface area (Å²) in [5.41, 5.74) is 3.67. The Morgan fingerprint density at radius 3 is 2.50 bits per heavy atom. The number of hydrogen-bond acceptors (Lipinski definition) is 6. The summed E-state index contributed by atoms with van der Waals surface area (Å²) in [6.07, 6.45) is 2.45. The Hall–Kier alpha value is -2.03. The lowest BCUT2D eigenvalue weighted by Gasteiger charge is -2.34. The van der Waals surface area contributed by atoms with Crippen LogP contribution >= 0.6 is 0 Å². The second-order valence-electron chi connectivity index (χ2n) is 8.51. The molecule has 30 heavy (non-hydrogen) atoms. The number of piperazine rings is 1. The number of hydrogen-bond donors (Lipinski definition) is 0. The second-order valence-corrected chi connectivity index (χ2v) is 10.7. The molecule has 2 aliphatic heterocycles. The van der Waals surface area contributed by atoms with Crippen LogP contribution in [0, 0.1) is 13.8 Å². The van der Waals surface area contributed by atoms with Crippen molar-refractivity contribution in [3.05, 3.63) is 53.1 Å². The summed E-state index contributed by atoms with van der Waals surface area (Å²) in [5, 5.41) is 0. The summed E-state index contributed by atoms with van der Waals surface area (Å²) in [6, 6.07) is 7.86. The number of Topliss-reactive ketones (excluding diaryl/α,β-unsaturated/α-hetero) is 1. The molecule has 7 nitrogen and oxygen atoms in total. The first-order valence-electron chi connectivity index (χ1n) is 10.6. The third-order valence-corrected chi connectivity index (χ3v) is 8.05. The molecular formula is C22H30N4O3S. The zero-order valence-corrected chi connectivity index (χ0v) is 18.6. The zero-order valence-electron chi connectivity index (χ0n) is 17.7. The van der Waals surface area contributed by atoms with Crippen molar-refractivity contribution >= 4 is 15.6 Å². The van der Waals surface area contributed by atoms with Gasteiger partial charge in [0.15, 0.2) is 15.6 Å². The van der Waals surface area contributed by atoms with Gasteiger partial charge in [0.1, 0.15) is 0 Å². The van der Waals surface area contributed by atoms with Crippen LogP contribution in [0.2, 0.25) is 0 Å². The molecule has 0 spiro atoms. The quantitative estimate of drug-likeness (QED) is 0.651. The average Bonchev–Trinajstić information content (AvgIpc) is 3.22. The summed E-state index contributed by atoms with van der Waals surface area (Å²) >= 11 is 0. The lowest BCUT2D eigenvalue weighted by molar-refractivity contribution is 0.0841. The van der Waals surface area contributed by atoms with Crippen LogP contribution in [0.15, 0.2) is 30.5 Å². The van der Waals surface area contributed by atoms with Crippen LogP contribution in [0.4, 0.5) is 0 Å². The molecule has 2 saturated heterocycles. The molecule has 0 aromatic carbocycles. The van der Waals surface area contributed by atoms with E-state index in [0.29, 0.717) is 13.0 Å². The molecule has 0 radical (unpaired) electrons. The van der Waals surface area contributed by atoms with Gasteiger partial charge < -0.3 is 4.57 Å². The Morgan fingerprint density at radius 1 is 1.13 bits per heavy atom. The number of sulfone groups is 1. The van der Waals surface area contributed by atoms with E-state index in [2.05, 4.69) is 19.4 Å². The summed E-state index contributed by atoms with van der Waals surface area (Å²) in [6.45, 7) is 8.71. The van der Waals surface area contributed by atoms with Gasteiger partial charge in [0.2, 0.25) is 0 Å². The van der Waals surface area contributed by atoms with E-state index in [-0.39, 0.29) is 23.3 Å². The molecule has 0 bridgehead atoms. The van der Waals surface area contributed by atoms with Crippen LogP contribution in [0.3, 0.4) is 0 Å². The van der Waals surface area contributed by atoms with Crippen LogP contribution in [0.25, 0.3) is 0 Å². The summed E-state index contributed by atoms with van der Waals surface area (Å²) in [7, 11) is -2.96. The first-order valence-corrected chi connectivity index (χ1v) is 12.4. The third-order valence-electron chi connectivity index (χ3n) is 6.30. The van der Waals surface area contributed by atoms with E-state index < -0.39 is 9.84 Å². The minimum atomic E-state index is -2.96. The van der Waals surface area contributed by atoms with Crippen molar-refractivity contribution in [3.8, 4) is 0 Å². The largest absolute Gasteiger partial charge is 0.344 e. The number of pyridine rings is 1. The van der Waals surface area contributed by atoms with Gasteiger partial charge in [-0.05, 0) is 38.5 Å². The number of carbonyl (C=O) groups excluding carboxylic acids is 1. The number of ketones is 1. The Kier molecular flexibility index (Phi) is 6.09. The minimum absolute atomic E-state index is 0.0494. The highest BCUT2D eigenvalue weighted by Crippen LogP contribution is 2.29. The van der Waals surface area contributed by atoms with Gasteiger partial charge in [-0.2, -0.15) is 0 Å². The van der Waals surface area contributed by atoms with E-state index in [0.717, 1.165) is 55.4 Å². The van der Waals surface area contributed by atoms with Crippen LogP contribution in [0.1, 0.15) is 39.9 Å². The molecule has 0 saturated carbocycles. The normalized spacial score (nSPS) is 22.4. The number of aromatic nitrogens is 2. The first kappa shape index (κ1) is 21.2. The van der Waals surface area contributed by atoms with Gasteiger partial charge in [0.25, 0.3) is 0 Å². The van der Waals surface area contributed by atoms with Crippen molar-refractivity contribution < 1.29 is 13.2 Å². The highest BCUT2D eigenvalue weighted by atomic mass is 32.2. The molecule has 2 fully saturated rings. The van der Waals surface area contributed by atoms with Gasteiger partial charge >= 0.3 is 0 Å². The second kappa shape index (κ2) is 8.61. The molecule has 1 atom stereocenters. The van der Waals surface area contributed by atoms with Crippen molar-refractivity contribution in [1.82, 2.24) is 19.4 Å². The monoisotopic (exact) mass is 430 g/mol. The molecular weight excluding hydrogens is 400 g/mol. The fraction of sp³-hybridized carbons (Fsp3) is 0.545. The predicted molar refractivity (Wildman–Crippen MR) is 116 cm³/mol. The Labute approximate surface area is 178 Å². The topological polar surface area (TPSA) is 75.5 Å². The van der Waals surface area contributed by atoms with E-state index in [1.807, 2.05) is 44.3 Å². The van der Waals surface area contributed by atoms with E-state index in [4.69, 9.17) is 0 Å². The molecule has 0 N–H and O–H groups in total. The van der Waals surface area contributed by atoms with E-state index in [9.17, 15) is 13.2 Å². The molecule has 1 unspecified atom stereocenters.